The molecular weight excluding hydrogens is 483 g/mol. The van der Waals surface area contributed by atoms with Gasteiger partial charge in [0, 0.05) is 37.8 Å². The van der Waals surface area contributed by atoms with Crippen molar-refractivity contribution in [3.8, 4) is 0 Å². The van der Waals surface area contributed by atoms with Crippen molar-refractivity contribution in [1.29, 1.82) is 0 Å². The van der Waals surface area contributed by atoms with Gasteiger partial charge in [-0.15, -0.1) is 0 Å². The minimum absolute atomic E-state index is 0.0246. The average Bonchev–Trinajstić information content (AvgIpc) is 3.02. The van der Waals surface area contributed by atoms with Crippen LogP contribution >= 0.6 is 23.2 Å². The van der Waals surface area contributed by atoms with Gasteiger partial charge >= 0.3 is 0 Å². The predicted octanol–water partition coefficient (Wildman–Crippen LogP) is 4.98. The highest BCUT2D eigenvalue weighted by atomic mass is 35.5. The summed E-state index contributed by atoms with van der Waals surface area (Å²) in [6.07, 6.45) is 7.47. The van der Waals surface area contributed by atoms with Gasteiger partial charge in [-0.25, -0.2) is 0 Å². The van der Waals surface area contributed by atoms with Gasteiger partial charge in [-0.1, -0.05) is 50.4 Å². The van der Waals surface area contributed by atoms with Crippen LogP contribution < -0.4 is 10.6 Å². The number of hydrogen-bond acceptors (Lipinski definition) is 4. The van der Waals surface area contributed by atoms with Gasteiger partial charge in [0.25, 0.3) is 5.91 Å². The quantitative estimate of drug-likeness (QED) is 0.452. The number of likely N-dealkylation sites (tertiary alicyclic amines) is 1. The molecule has 0 aliphatic carbocycles. The van der Waals surface area contributed by atoms with E-state index in [4.69, 9.17) is 23.2 Å². The Morgan fingerprint density at radius 3 is 2.49 bits per heavy atom. The number of hydrogen-bond donors (Lipinski definition) is 2. The molecule has 2 fully saturated rings. The van der Waals surface area contributed by atoms with Crippen LogP contribution in [0.25, 0.3) is 0 Å². The SMILES string of the molecule is CCC(C)(CC)CN1CC[C@H](CNC(=O)c2ccc(Cl)c(Cl)c2)N[C@H](CCN2CCCCC2)C1=O. The van der Waals surface area contributed by atoms with Crippen LogP contribution in [0.3, 0.4) is 0 Å². The first-order chi connectivity index (χ1) is 16.7. The van der Waals surface area contributed by atoms with Crippen molar-refractivity contribution in [3.05, 3.63) is 33.8 Å². The van der Waals surface area contributed by atoms with E-state index in [2.05, 4.69) is 41.2 Å². The Kier molecular flexibility index (Phi) is 10.7. The molecule has 196 valence electrons. The fourth-order valence-corrected chi connectivity index (χ4v) is 5.29. The van der Waals surface area contributed by atoms with Crippen molar-refractivity contribution < 1.29 is 9.59 Å². The monoisotopic (exact) mass is 524 g/mol. The lowest BCUT2D eigenvalue weighted by atomic mass is 9.84. The summed E-state index contributed by atoms with van der Waals surface area (Å²) in [5.41, 5.74) is 0.601. The summed E-state index contributed by atoms with van der Waals surface area (Å²) < 4.78 is 0. The maximum atomic E-state index is 13.6. The Labute approximate surface area is 221 Å². The number of halogens is 2. The highest BCUT2D eigenvalue weighted by molar-refractivity contribution is 6.42. The van der Waals surface area contributed by atoms with E-state index >= 15 is 0 Å². The fraction of sp³-hybridized carbons (Fsp3) is 0.704. The van der Waals surface area contributed by atoms with Gasteiger partial charge in [-0.3, -0.25) is 9.59 Å². The van der Waals surface area contributed by atoms with E-state index in [-0.39, 0.29) is 29.3 Å². The first-order valence-corrected chi connectivity index (χ1v) is 14.0. The number of rotatable bonds is 10. The Morgan fingerprint density at radius 2 is 1.83 bits per heavy atom. The van der Waals surface area contributed by atoms with E-state index in [1.54, 1.807) is 18.2 Å². The zero-order valence-electron chi connectivity index (χ0n) is 21.5. The Balaban J connectivity index is 1.66. The molecule has 0 bridgehead atoms. The van der Waals surface area contributed by atoms with Gasteiger partial charge in [0.05, 0.1) is 16.1 Å². The number of nitrogens with one attached hydrogen (secondary N) is 2. The second-order valence-corrected chi connectivity index (χ2v) is 11.3. The van der Waals surface area contributed by atoms with Gasteiger partial charge in [0.1, 0.15) is 0 Å². The molecule has 3 rings (SSSR count). The first-order valence-electron chi connectivity index (χ1n) is 13.2. The third-order valence-electron chi connectivity index (χ3n) is 7.95. The topological polar surface area (TPSA) is 64.7 Å². The molecule has 35 heavy (non-hydrogen) atoms. The number of nitrogens with zero attached hydrogens (tertiary/aromatic N) is 2. The molecule has 0 radical (unpaired) electrons. The summed E-state index contributed by atoms with van der Waals surface area (Å²) in [6.45, 7) is 11.8. The molecule has 2 N–H and O–H groups in total. The number of carbonyl (C=O) groups is 2. The lowest BCUT2D eigenvalue weighted by Gasteiger charge is -2.35. The van der Waals surface area contributed by atoms with Crippen molar-refractivity contribution in [2.75, 3.05) is 39.3 Å². The molecule has 2 amide bonds. The zero-order chi connectivity index (χ0) is 25.4. The van der Waals surface area contributed by atoms with Crippen LogP contribution in [0.15, 0.2) is 18.2 Å². The Bertz CT molecular complexity index is 856. The second kappa shape index (κ2) is 13.3. The average molecular weight is 526 g/mol. The number of carbonyl (C=O) groups excluding carboxylic acids is 2. The lowest BCUT2D eigenvalue weighted by Crippen LogP contribution is -2.51. The molecule has 8 heteroatoms. The van der Waals surface area contributed by atoms with E-state index in [0.717, 1.165) is 51.9 Å². The van der Waals surface area contributed by atoms with Gasteiger partial charge < -0.3 is 20.4 Å². The van der Waals surface area contributed by atoms with Gasteiger partial charge in [-0.05, 0) is 75.2 Å². The smallest absolute Gasteiger partial charge is 0.251 e. The summed E-state index contributed by atoms with van der Waals surface area (Å²) in [7, 11) is 0. The number of benzene rings is 1. The normalized spacial score (nSPS) is 22.2. The summed E-state index contributed by atoms with van der Waals surface area (Å²) in [5, 5.41) is 7.42. The molecule has 0 aromatic heterocycles. The van der Waals surface area contributed by atoms with E-state index in [9.17, 15) is 9.59 Å². The third kappa shape index (κ3) is 8.08. The third-order valence-corrected chi connectivity index (χ3v) is 8.69. The Hall–Kier alpha value is -1.34. The molecule has 2 heterocycles. The minimum Gasteiger partial charge on any atom is -0.350 e. The molecule has 2 saturated heterocycles. The molecule has 1 aromatic carbocycles. The molecule has 2 atom stereocenters. The summed E-state index contributed by atoms with van der Waals surface area (Å²) in [4.78, 5) is 30.9. The largest absolute Gasteiger partial charge is 0.350 e. The first kappa shape index (κ1) is 28.2. The van der Waals surface area contributed by atoms with Crippen LogP contribution in [0.4, 0.5) is 0 Å². The molecule has 0 unspecified atom stereocenters. The maximum absolute atomic E-state index is 13.6. The van der Waals surface area contributed by atoms with Crippen molar-refractivity contribution >= 4 is 35.0 Å². The van der Waals surface area contributed by atoms with E-state index in [1.165, 1.54) is 19.3 Å². The Morgan fingerprint density at radius 1 is 1.11 bits per heavy atom. The highest BCUT2D eigenvalue weighted by Crippen LogP contribution is 2.28. The zero-order valence-corrected chi connectivity index (χ0v) is 23.1. The van der Waals surface area contributed by atoms with E-state index in [1.807, 2.05) is 0 Å². The van der Waals surface area contributed by atoms with Crippen molar-refractivity contribution in [3.63, 3.8) is 0 Å². The van der Waals surface area contributed by atoms with Gasteiger partial charge in [0.15, 0.2) is 0 Å². The predicted molar refractivity (Wildman–Crippen MR) is 144 cm³/mol. The fourth-order valence-electron chi connectivity index (χ4n) is 4.99. The van der Waals surface area contributed by atoms with Crippen LogP contribution in [0.5, 0.6) is 0 Å². The summed E-state index contributed by atoms with van der Waals surface area (Å²) in [6, 6.07) is 4.69. The molecular formula is C27H42Cl2N4O2. The molecule has 6 nitrogen and oxygen atoms in total. The van der Waals surface area contributed by atoms with Crippen LogP contribution in [0.1, 0.15) is 76.1 Å². The van der Waals surface area contributed by atoms with Crippen molar-refractivity contribution in [2.24, 2.45) is 5.41 Å². The number of amides is 2. The second-order valence-electron chi connectivity index (χ2n) is 10.5. The van der Waals surface area contributed by atoms with Crippen LogP contribution in [-0.2, 0) is 4.79 Å². The van der Waals surface area contributed by atoms with Gasteiger partial charge in [-0.2, -0.15) is 0 Å². The van der Waals surface area contributed by atoms with E-state index < -0.39 is 0 Å². The lowest BCUT2D eigenvalue weighted by molar-refractivity contribution is -0.134. The van der Waals surface area contributed by atoms with Crippen molar-refractivity contribution in [2.45, 2.75) is 77.8 Å². The van der Waals surface area contributed by atoms with Crippen LogP contribution in [0.2, 0.25) is 10.0 Å². The highest BCUT2D eigenvalue weighted by Gasteiger charge is 2.34. The summed E-state index contributed by atoms with van der Waals surface area (Å²) >= 11 is 12.1. The molecule has 1 aromatic rings. The van der Waals surface area contributed by atoms with E-state index in [0.29, 0.717) is 28.7 Å². The number of piperidine rings is 1. The van der Waals surface area contributed by atoms with Crippen LogP contribution in [0, 0.1) is 5.41 Å². The van der Waals surface area contributed by atoms with Gasteiger partial charge in [0.2, 0.25) is 5.91 Å². The maximum Gasteiger partial charge on any atom is 0.251 e. The summed E-state index contributed by atoms with van der Waals surface area (Å²) in [5.74, 6) is 0.0145. The standard InChI is InChI=1S/C27H42Cl2N4O2/c1-4-27(3,5-2)19-33-16-11-21(18-30-25(34)20-9-10-22(28)23(29)17-20)31-24(26(33)35)12-15-32-13-7-6-8-14-32/h9-10,17,21,24,31H,4-8,11-16,18-19H2,1-3H3,(H,30,34)/t21-,24-/m1/s1. The molecule has 2 aliphatic heterocycles. The minimum atomic E-state index is -0.232. The molecule has 2 aliphatic rings. The molecule has 0 saturated carbocycles. The molecule has 0 spiro atoms. The van der Waals surface area contributed by atoms with Crippen molar-refractivity contribution in [1.82, 2.24) is 20.4 Å². The van der Waals surface area contributed by atoms with Crippen LogP contribution in [-0.4, -0.2) is 73.0 Å².